The highest BCUT2D eigenvalue weighted by atomic mass is 16.7. The van der Waals surface area contributed by atoms with Crippen molar-refractivity contribution in [3.8, 4) is 0 Å². The molecule has 2 saturated heterocycles. The van der Waals surface area contributed by atoms with Gasteiger partial charge >= 0.3 is 5.97 Å². The van der Waals surface area contributed by atoms with Crippen molar-refractivity contribution < 1.29 is 19.2 Å². The van der Waals surface area contributed by atoms with Gasteiger partial charge in [-0.25, -0.2) is 9.86 Å². The lowest BCUT2D eigenvalue weighted by atomic mass is 9.83. The highest BCUT2D eigenvalue weighted by Crippen LogP contribution is 2.51. The summed E-state index contributed by atoms with van der Waals surface area (Å²) in [7, 11) is 0. The Morgan fingerprint density at radius 2 is 1.50 bits per heavy atom. The van der Waals surface area contributed by atoms with Crippen molar-refractivity contribution in [2.24, 2.45) is 0 Å². The van der Waals surface area contributed by atoms with Crippen molar-refractivity contribution >= 4 is 17.3 Å². The molecule has 6 nitrogen and oxygen atoms in total. The van der Waals surface area contributed by atoms with E-state index in [9.17, 15) is 4.79 Å². The van der Waals surface area contributed by atoms with E-state index in [4.69, 9.17) is 14.4 Å². The molecule has 0 N–H and O–H groups in total. The molecular weight excluding hydrogens is 404 g/mol. The topological polar surface area (TPSA) is 51.2 Å². The van der Waals surface area contributed by atoms with E-state index in [1.165, 1.54) is 0 Å². The van der Waals surface area contributed by atoms with E-state index in [0.717, 1.165) is 16.9 Å². The number of benzene rings is 3. The van der Waals surface area contributed by atoms with Crippen molar-refractivity contribution in [1.82, 2.24) is 0 Å². The van der Waals surface area contributed by atoms with Gasteiger partial charge in [-0.2, -0.15) is 0 Å². The van der Waals surface area contributed by atoms with Crippen LogP contribution in [-0.2, 0) is 19.2 Å². The number of carbonyl (C=O) groups excluding carboxylic acids is 1. The van der Waals surface area contributed by atoms with Crippen LogP contribution in [0.5, 0.6) is 0 Å². The Hall–Kier alpha value is -3.35. The van der Waals surface area contributed by atoms with Gasteiger partial charge in [0, 0.05) is 6.42 Å². The molecule has 0 amide bonds. The van der Waals surface area contributed by atoms with E-state index in [1.54, 1.807) is 6.92 Å². The van der Waals surface area contributed by atoms with Gasteiger partial charge in [-0.05, 0) is 36.8 Å². The molecule has 0 aliphatic carbocycles. The highest BCUT2D eigenvalue weighted by Gasteiger charge is 2.61. The zero-order valence-corrected chi connectivity index (χ0v) is 18.0. The Morgan fingerprint density at radius 1 is 0.906 bits per heavy atom. The van der Waals surface area contributed by atoms with Gasteiger partial charge in [0.2, 0.25) is 0 Å². The zero-order valence-electron chi connectivity index (χ0n) is 18.0. The van der Waals surface area contributed by atoms with Crippen LogP contribution in [0.1, 0.15) is 25.0 Å². The second-order valence-electron chi connectivity index (χ2n) is 8.05. The summed E-state index contributed by atoms with van der Waals surface area (Å²) in [5, 5.41) is 3.78. The molecule has 2 aliphatic heterocycles. The Balaban J connectivity index is 1.60. The normalized spacial score (nSPS) is 24.8. The minimum atomic E-state index is -0.708. The highest BCUT2D eigenvalue weighted by molar-refractivity contribution is 5.76. The average molecular weight is 431 g/mol. The molecule has 0 aromatic heterocycles. The van der Waals surface area contributed by atoms with Gasteiger partial charge in [0.15, 0.2) is 6.10 Å². The Morgan fingerprint density at radius 3 is 2.12 bits per heavy atom. The maximum atomic E-state index is 12.7. The smallest absolute Gasteiger partial charge is 0.338 e. The third-order valence-corrected chi connectivity index (χ3v) is 6.00. The maximum absolute atomic E-state index is 12.7. The quantitative estimate of drug-likeness (QED) is 0.548. The first-order chi connectivity index (χ1) is 15.7. The van der Waals surface area contributed by atoms with E-state index in [2.05, 4.69) is 12.1 Å². The second-order valence-corrected chi connectivity index (χ2v) is 8.05. The second kappa shape index (κ2) is 8.65. The molecule has 3 aromatic carbocycles. The zero-order chi connectivity index (χ0) is 22.0. The molecule has 2 aliphatic rings. The molecule has 32 heavy (non-hydrogen) atoms. The summed E-state index contributed by atoms with van der Waals surface area (Å²) < 4.78 is 5.32. The number of para-hydroxylation sites is 2. The minimum Gasteiger partial charge on any atom is -0.464 e. The van der Waals surface area contributed by atoms with Crippen molar-refractivity contribution in [2.75, 3.05) is 23.3 Å². The Kier molecular flexibility index (Phi) is 5.55. The van der Waals surface area contributed by atoms with Gasteiger partial charge in [-0.1, -0.05) is 66.7 Å². The molecule has 0 bridgehead atoms. The number of anilines is 2. The SMILES string of the molecule is CCOC(=O)C1C[C@@]2(CN(c3ccccc3)O[C@H]2c2ccccc2)N(c2ccccc2)O1. The third-order valence-electron chi connectivity index (χ3n) is 6.00. The fraction of sp³-hybridized carbons (Fsp3) is 0.269. The van der Waals surface area contributed by atoms with Crippen LogP contribution < -0.4 is 10.1 Å². The molecule has 0 saturated carbocycles. The molecule has 0 radical (unpaired) electrons. The first kappa shape index (κ1) is 20.5. The van der Waals surface area contributed by atoms with E-state index >= 15 is 0 Å². The fourth-order valence-corrected chi connectivity index (χ4v) is 4.60. The van der Waals surface area contributed by atoms with Crippen LogP contribution in [-0.4, -0.2) is 30.8 Å². The lowest BCUT2D eigenvalue weighted by Crippen LogP contribution is -2.49. The van der Waals surface area contributed by atoms with Gasteiger partial charge in [0.1, 0.15) is 11.6 Å². The van der Waals surface area contributed by atoms with Crippen LogP contribution in [0.25, 0.3) is 0 Å². The van der Waals surface area contributed by atoms with Crippen molar-refractivity contribution in [1.29, 1.82) is 0 Å². The number of hydrogen-bond donors (Lipinski definition) is 0. The predicted octanol–water partition coefficient (Wildman–Crippen LogP) is 4.69. The minimum absolute atomic E-state index is 0.311. The number of rotatable bonds is 5. The van der Waals surface area contributed by atoms with E-state index < -0.39 is 11.6 Å². The fourth-order valence-electron chi connectivity index (χ4n) is 4.60. The number of hydrogen-bond acceptors (Lipinski definition) is 6. The van der Waals surface area contributed by atoms with Crippen molar-refractivity contribution in [3.05, 3.63) is 96.6 Å². The van der Waals surface area contributed by atoms with Crippen molar-refractivity contribution in [3.63, 3.8) is 0 Å². The van der Waals surface area contributed by atoms with Crippen LogP contribution in [0.4, 0.5) is 11.4 Å². The monoisotopic (exact) mass is 430 g/mol. The van der Waals surface area contributed by atoms with Gasteiger partial charge in [0.05, 0.1) is 24.5 Å². The number of ether oxygens (including phenoxy) is 1. The predicted molar refractivity (Wildman–Crippen MR) is 122 cm³/mol. The molecule has 5 rings (SSSR count). The van der Waals surface area contributed by atoms with Crippen LogP contribution in [0.15, 0.2) is 91.0 Å². The number of hydroxylamine groups is 2. The Labute approximate surface area is 187 Å². The maximum Gasteiger partial charge on any atom is 0.338 e. The first-order valence-corrected chi connectivity index (χ1v) is 10.9. The average Bonchev–Trinajstić information content (AvgIpc) is 3.43. The molecule has 2 fully saturated rings. The van der Waals surface area contributed by atoms with Crippen LogP contribution in [0, 0.1) is 0 Å². The summed E-state index contributed by atoms with van der Waals surface area (Å²) in [5.74, 6) is -0.352. The van der Waals surface area contributed by atoms with Gasteiger partial charge in [0.25, 0.3) is 0 Å². The Bertz CT molecular complexity index is 1050. The molecule has 2 heterocycles. The summed E-state index contributed by atoms with van der Waals surface area (Å²) in [4.78, 5) is 25.6. The summed E-state index contributed by atoms with van der Waals surface area (Å²) in [5.41, 5.74) is 2.23. The number of nitrogens with zero attached hydrogens (tertiary/aromatic N) is 2. The standard InChI is InChI=1S/C26H26N2O4/c1-2-30-25(29)23-18-26(28(31-23)22-16-10-5-11-17-22)19-27(21-14-8-4-9-15-21)32-24(26)20-12-6-3-7-13-20/h3-17,23-24H,2,18-19H2,1H3/t23?,24-,26-/m0/s1. The molecule has 164 valence electrons. The van der Waals surface area contributed by atoms with Crippen LogP contribution >= 0.6 is 0 Å². The third kappa shape index (κ3) is 3.61. The summed E-state index contributed by atoms with van der Waals surface area (Å²) >= 11 is 0. The van der Waals surface area contributed by atoms with E-state index in [-0.39, 0.29) is 12.1 Å². The largest absolute Gasteiger partial charge is 0.464 e. The number of carbonyl (C=O) groups is 1. The first-order valence-electron chi connectivity index (χ1n) is 10.9. The number of esters is 1. The summed E-state index contributed by atoms with van der Waals surface area (Å²) in [6, 6.07) is 30.0. The van der Waals surface area contributed by atoms with Gasteiger partial charge in [-0.3, -0.25) is 14.7 Å². The molecular formula is C26H26N2O4. The summed E-state index contributed by atoms with van der Waals surface area (Å²) in [6.07, 6.45) is -0.604. The molecule has 3 aromatic rings. The molecule has 1 unspecified atom stereocenters. The van der Waals surface area contributed by atoms with Crippen molar-refractivity contribution in [2.45, 2.75) is 31.1 Å². The summed E-state index contributed by atoms with van der Waals surface area (Å²) in [6.45, 7) is 2.65. The molecule has 3 atom stereocenters. The van der Waals surface area contributed by atoms with E-state index in [0.29, 0.717) is 19.6 Å². The van der Waals surface area contributed by atoms with Crippen LogP contribution in [0.3, 0.4) is 0 Å². The van der Waals surface area contributed by atoms with Crippen LogP contribution in [0.2, 0.25) is 0 Å². The van der Waals surface area contributed by atoms with Gasteiger partial charge in [-0.15, -0.1) is 0 Å². The molecule has 6 heteroatoms. The molecule has 1 spiro atoms. The lowest BCUT2D eigenvalue weighted by Gasteiger charge is -2.36. The lowest BCUT2D eigenvalue weighted by molar-refractivity contribution is -0.154. The van der Waals surface area contributed by atoms with Gasteiger partial charge < -0.3 is 4.74 Å². The van der Waals surface area contributed by atoms with E-state index in [1.807, 2.05) is 89.0 Å².